The molecule has 32 heavy (non-hydrogen) atoms. The lowest BCUT2D eigenvalue weighted by molar-refractivity contribution is -0.118. The fourth-order valence-corrected chi connectivity index (χ4v) is 3.80. The van der Waals surface area contributed by atoms with Crippen molar-refractivity contribution in [3.63, 3.8) is 0 Å². The number of halogens is 1. The number of aryl methyl sites for hydroxylation is 1. The fraction of sp³-hybridized carbons (Fsp3) is 0.0769. The molecule has 1 N–H and O–H groups in total. The van der Waals surface area contributed by atoms with Crippen molar-refractivity contribution in [1.29, 1.82) is 0 Å². The molecule has 0 radical (unpaired) electrons. The number of rotatable bonds is 5. The van der Waals surface area contributed by atoms with Gasteiger partial charge in [0.15, 0.2) is 12.2 Å². The number of amides is 1. The molecule has 0 fully saturated rings. The molecule has 1 aromatic heterocycles. The van der Waals surface area contributed by atoms with Crippen LogP contribution in [0.3, 0.4) is 0 Å². The fourth-order valence-electron chi connectivity index (χ4n) is 3.56. The minimum atomic E-state index is -0.252. The summed E-state index contributed by atoms with van der Waals surface area (Å²) in [6, 6.07) is 24.5. The largest absolute Gasteiger partial charge is 0.484 e. The first kappa shape index (κ1) is 20.1. The van der Waals surface area contributed by atoms with Gasteiger partial charge in [0.25, 0.3) is 5.91 Å². The van der Waals surface area contributed by atoms with Crippen LogP contribution in [-0.4, -0.2) is 17.5 Å². The predicted octanol–water partition coefficient (Wildman–Crippen LogP) is 6.63. The molecular formula is C26H19ClN2O3. The van der Waals surface area contributed by atoms with Crippen LogP contribution in [0.25, 0.3) is 33.3 Å². The molecule has 0 atom stereocenters. The van der Waals surface area contributed by atoms with Gasteiger partial charge in [0.2, 0.25) is 5.89 Å². The first-order valence-electron chi connectivity index (χ1n) is 10.1. The Balaban J connectivity index is 1.36. The van der Waals surface area contributed by atoms with Crippen molar-refractivity contribution in [3.8, 4) is 17.2 Å². The first-order valence-corrected chi connectivity index (χ1v) is 10.5. The number of ether oxygens (including phenoxy) is 1. The molecule has 0 unspecified atom stereocenters. The summed E-state index contributed by atoms with van der Waals surface area (Å²) in [5, 5.41) is 5.42. The van der Waals surface area contributed by atoms with Gasteiger partial charge in [0, 0.05) is 21.7 Å². The maximum atomic E-state index is 12.3. The summed E-state index contributed by atoms with van der Waals surface area (Å²) in [7, 11) is 0. The zero-order chi connectivity index (χ0) is 22.1. The molecule has 0 aliphatic heterocycles. The van der Waals surface area contributed by atoms with Crippen LogP contribution in [0.5, 0.6) is 5.75 Å². The summed E-state index contributed by atoms with van der Waals surface area (Å²) < 4.78 is 11.5. The second kappa shape index (κ2) is 8.36. The Morgan fingerprint density at radius 3 is 2.62 bits per heavy atom. The van der Waals surface area contributed by atoms with Crippen LogP contribution in [0.4, 0.5) is 5.69 Å². The van der Waals surface area contributed by atoms with Crippen molar-refractivity contribution >= 4 is 45.1 Å². The zero-order valence-corrected chi connectivity index (χ0v) is 18.0. The summed E-state index contributed by atoms with van der Waals surface area (Å²) >= 11 is 6.33. The Bertz CT molecular complexity index is 1440. The van der Waals surface area contributed by atoms with Gasteiger partial charge in [-0.15, -0.1) is 0 Å². The van der Waals surface area contributed by atoms with Crippen LogP contribution in [0, 0.1) is 6.92 Å². The Hall–Kier alpha value is -3.83. The molecule has 1 amide bonds. The number of aromatic nitrogens is 1. The highest BCUT2D eigenvalue weighted by atomic mass is 35.5. The van der Waals surface area contributed by atoms with Crippen molar-refractivity contribution in [2.45, 2.75) is 6.92 Å². The predicted molar refractivity (Wildman–Crippen MR) is 127 cm³/mol. The lowest BCUT2D eigenvalue weighted by Crippen LogP contribution is -2.20. The number of benzene rings is 4. The van der Waals surface area contributed by atoms with E-state index in [2.05, 4.69) is 10.3 Å². The summed E-state index contributed by atoms with van der Waals surface area (Å²) in [6.45, 7) is 1.92. The van der Waals surface area contributed by atoms with Crippen LogP contribution in [0.15, 0.2) is 83.3 Å². The third kappa shape index (κ3) is 4.03. The molecule has 0 spiro atoms. The number of anilines is 1. The lowest BCUT2D eigenvalue weighted by atomic mass is 10.0. The Labute approximate surface area is 189 Å². The molecule has 0 saturated heterocycles. The van der Waals surface area contributed by atoms with Crippen molar-refractivity contribution < 1.29 is 13.9 Å². The van der Waals surface area contributed by atoms with E-state index in [1.54, 1.807) is 18.2 Å². The molecule has 5 rings (SSSR count). The van der Waals surface area contributed by atoms with E-state index in [-0.39, 0.29) is 12.5 Å². The van der Waals surface area contributed by atoms with E-state index in [9.17, 15) is 4.79 Å². The van der Waals surface area contributed by atoms with Crippen molar-refractivity contribution in [2.24, 2.45) is 0 Å². The van der Waals surface area contributed by atoms with Gasteiger partial charge >= 0.3 is 0 Å². The van der Waals surface area contributed by atoms with Gasteiger partial charge in [-0.1, -0.05) is 53.6 Å². The average molecular weight is 443 g/mol. The molecule has 1 heterocycles. The van der Waals surface area contributed by atoms with E-state index in [0.717, 1.165) is 21.9 Å². The zero-order valence-electron chi connectivity index (χ0n) is 17.3. The molecule has 4 aromatic carbocycles. The Morgan fingerprint density at radius 2 is 1.78 bits per heavy atom. The van der Waals surface area contributed by atoms with Gasteiger partial charge in [-0.2, -0.15) is 0 Å². The van der Waals surface area contributed by atoms with E-state index < -0.39 is 0 Å². The molecule has 0 saturated carbocycles. The monoisotopic (exact) mass is 442 g/mol. The topological polar surface area (TPSA) is 64.4 Å². The number of fused-ring (bicyclic) bond motifs is 2. The summed E-state index contributed by atoms with van der Waals surface area (Å²) in [6.07, 6.45) is 0. The second-order valence-electron chi connectivity index (χ2n) is 7.49. The normalized spacial score (nSPS) is 11.1. The van der Waals surface area contributed by atoms with E-state index >= 15 is 0 Å². The number of hydrogen-bond acceptors (Lipinski definition) is 4. The Morgan fingerprint density at radius 1 is 1.00 bits per heavy atom. The third-order valence-electron chi connectivity index (χ3n) is 5.16. The number of nitrogens with one attached hydrogen (secondary N) is 1. The van der Waals surface area contributed by atoms with Gasteiger partial charge < -0.3 is 14.5 Å². The summed E-state index contributed by atoms with van der Waals surface area (Å²) in [4.78, 5) is 16.9. The minimum absolute atomic E-state index is 0.0814. The number of carbonyl (C=O) groups excluding carboxylic acids is 1. The van der Waals surface area contributed by atoms with Gasteiger partial charge in [0.05, 0.1) is 0 Å². The summed E-state index contributed by atoms with van der Waals surface area (Å²) in [5.74, 6) is 0.897. The van der Waals surface area contributed by atoms with Crippen LogP contribution >= 0.6 is 11.6 Å². The quantitative estimate of drug-likeness (QED) is 0.332. The molecule has 158 valence electrons. The van der Waals surface area contributed by atoms with Gasteiger partial charge in [-0.25, -0.2) is 4.98 Å². The highest BCUT2D eigenvalue weighted by molar-refractivity contribution is 6.35. The van der Waals surface area contributed by atoms with E-state index in [1.807, 2.05) is 67.6 Å². The smallest absolute Gasteiger partial charge is 0.262 e. The molecule has 0 aliphatic rings. The van der Waals surface area contributed by atoms with Gasteiger partial charge in [-0.3, -0.25) is 4.79 Å². The first-order chi connectivity index (χ1) is 15.6. The molecule has 5 nitrogen and oxygen atoms in total. The van der Waals surface area contributed by atoms with Crippen LogP contribution in [0.2, 0.25) is 5.02 Å². The molecule has 0 aliphatic carbocycles. The van der Waals surface area contributed by atoms with Gasteiger partial charge in [0.1, 0.15) is 11.3 Å². The Kier molecular flexibility index (Phi) is 5.25. The minimum Gasteiger partial charge on any atom is -0.484 e. The van der Waals surface area contributed by atoms with Crippen molar-refractivity contribution in [2.75, 3.05) is 11.9 Å². The van der Waals surface area contributed by atoms with Crippen LogP contribution in [-0.2, 0) is 4.79 Å². The molecule has 0 bridgehead atoms. The van der Waals surface area contributed by atoms with Crippen LogP contribution in [0.1, 0.15) is 5.56 Å². The number of oxazole rings is 1. The maximum absolute atomic E-state index is 12.3. The molecular weight excluding hydrogens is 424 g/mol. The standard InChI is InChI=1S/C26H19ClN2O3/c1-16-8-11-18(12-9-16)31-15-25(30)28-17-10-13-24-23(14-17)29-26(32-24)21-6-2-5-20-19(21)4-3-7-22(20)27/h2-14H,15H2,1H3,(H,28,30). The number of carbonyl (C=O) groups is 1. The summed E-state index contributed by atoms with van der Waals surface area (Å²) in [5.41, 5.74) is 3.90. The lowest BCUT2D eigenvalue weighted by Gasteiger charge is -2.07. The number of hydrogen-bond donors (Lipinski definition) is 1. The van der Waals surface area contributed by atoms with Gasteiger partial charge in [-0.05, 0) is 54.8 Å². The SMILES string of the molecule is Cc1ccc(OCC(=O)Nc2ccc3oc(-c4cccc5c(Cl)cccc45)nc3c2)cc1. The maximum Gasteiger partial charge on any atom is 0.262 e. The van der Waals surface area contributed by atoms with Crippen molar-refractivity contribution in [3.05, 3.63) is 89.4 Å². The molecule has 6 heteroatoms. The molecule has 5 aromatic rings. The average Bonchev–Trinajstić information content (AvgIpc) is 3.22. The highest BCUT2D eigenvalue weighted by Crippen LogP contribution is 2.33. The number of nitrogens with zero attached hydrogens (tertiary/aromatic N) is 1. The second-order valence-corrected chi connectivity index (χ2v) is 7.90. The van der Waals surface area contributed by atoms with Crippen LogP contribution < -0.4 is 10.1 Å². The van der Waals surface area contributed by atoms with Crippen molar-refractivity contribution in [1.82, 2.24) is 4.98 Å². The van der Waals surface area contributed by atoms with E-state index in [1.165, 1.54) is 0 Å². The van der Waals surface area contributed by atoms with E-state index in [0.29, 0.717) is 33.4 Å². The third-order valence-corrected chi connectivity index (χ3v) is 5.49. The highest BCUT2D eigenvalue weighted by Gasteiger charge is 2.13. The van der Waals surface area contributed by atoms with E-state index in [4.69, 9.17) is 20.8 Å².